The minimum absolute atomic E-state index is 0.0396. The highest BCUT2D eigenvalue weighted by Crippen LogP contribution is 2.25. The number of carbonyl (C=O) groups excluding carboxylic acids is 2. The van der Waals surface area contributed by atoms with Crippen molar-refractivity contribution >= 4 is 62.3 Å². The van der Waals surface area contributed by atoms with E-state index in [4.69, 9.17) is 34.8 Å². The molecule has 0 fully saturated rings. The molecule has 11 heteroatoms. The Morgan fingerprint density at radius 3 is 2.14 bits per heavy atom. The van der Waals surface area contributed by atoms with Crippen molar-refractivity contribution in [2.24, 2.45) is 0 Å². The van der Waals surface area contributed by atoms with Gasteiger partial charge in [-0.15, -0.1) is 0 Å². The van der Waals surface area contributed by atoms with Gasteiger partial charge in [-0.05, 0) is 68.1 Å². The van der Waals surface area contributed by atoms with Crippen molar-refractivity contribution in [2.75, 3.05) is 17.1 Å². The Morgan fingerprint density at radius 1 is 0.973 bits per heavy atom. The second-order valence-electron chi connectivity index (χ2n) is 8.91. The third kappa shape index (κ3) is 9.36. The van der Waals surface area contributed by atoms with E-state index in [9.17, 15) is 18.0 Å². The van der Waals surface area contributed by atoms with Crippen LogP contribution in [0.25, 0.3) is 0 Å². The Balaban J connectivity index is 2.25. The van der Waals surface area contributed by atoms with Gasteiger partial charge in [0.1, 0.15) is 6.04 Å². The fourth-order valence-electron chi connectivity index (χ4n) is 3.81. The number of rotatable bonds is 13. The molecule has 0 radical (unpaired) electrons. The Kier molecular flexibility index (Phi) is 12.0. The normalized spacial score (nSPS) is 13.1. The highest BCUT2D eigenvalue weighted by atomic mass is 35.5. The van der Waals surface area contributed by atoms with Crippen LogP contribution in [0.3, 0.4) is 0 Å². The zero-order chi connectivity index (χ0) is 27.8. The predicted molar refractivity (Wildman–Crippen MR) is 152 cm³/mol. The van der Waals surface area contributed by atoms with Gasteiger partial charge in [0.05, 0.1) is 11.9 Å². The summed E-state index contributed by atoms with van der Waals surface area (Å²) in [6.45, 7) is 5.93. The Labute approximate surface area is 235 Å². The molecule has 0 heterocycles. The first-order chi connectivity index (χ1) is 17.4. The lowest BCUT2D eigenvalue weighted by Gasteiger charge is -2.32. The summed E-state index contributed by atoms with van der Waals surface area (Å²) in [5.41, 5.74) is 1.12. The predicted octanol–water partition coefficient (Wildman–Crippen LogP) is 5.92. The second kappa shape index (κ2) is 14.2. The molecule has 0 bridgehead atoms. The number of carbonyl (C=O) groups is 2. The lowest BCUT2D eigenvalue weighted by Crippen LogP contribution is -2.50. The van der Waals surface area contributed by atoms with E-state index in [-0.39, 0.29) is 43.8 Å². The van der Waals surface area contributed by atoms with Crippen LogP contribution in [-0.4, -0.2) is 50.0 Å². The van der Waals surface area contributed by atoms with E-state index in [0.717, 1.165) is 12.7 Å². The number of hydrogen-bond donors (Lipinski definition) is 1. The smallest absolute Gasteiger partial charge is 0.243 e. The summed E-state index contributed by atoms with van der Waals surface area (Å²) in [5, 5.41) is 4.32. The fourth-order valence-corrected chi connectivity index (χ4v) is 5.36. The van der Waals surface area contributed by atoms with Crippen molar-refractivity contribution in [1.82, 2.24) is 10.2 Å². The van der Waals surface area contributed by atoms with Gasteiger partial charge >= 0.3 is 0 Å². The maximum absolute atomic E-state index is 13.5. The standard InChI is InChI=1S/C26H34Cl3N3O4S/c1-5-18(3)30-26(34)24(6-2)31(17-19-9-10-21(28)16-23(19)29)25(33)8-7-15-32(37(4,35)36)22-13-11-20(27)12-14-22/h9-14,16,18,24H,5-8,15,17H2,1-4H3,(H,30,34)/t18-,24+/m1/s1. The van der Waals surface area contributed by atoms with Crippen LogP contribution in [0.5, 0.6) is 0 Å². The summed E-state index contributed by atoms with van der Waals surface area (Å²) >= 11 is 18.4. The molecule has 37 heavy (non-hydrogen) atoms. The summed E-state index contributed by atoms with van der Waals surface area (Å²) in [7, 11) is -3.59. The first-order valence-corrected chi connectivity index (χ1v) is 15.1. The monoisotopic (exact) mass is 589 g/mol. The number of sulfonamides is 1. The molecule has 0 aliphatic heterocycles. The lowest BCUT2D eigenvalue weighted by molar-refractivity contribution is -0.141. The molecule has 2 aromatic rings. The third-order valence-electron chi connectivity index (χ3n) is 6.01. The summed E-state index contributed by atoms with van der Waals surface area (Å²) in [6, 6.07) is 10.7. The van der Waals surface area contributed by atoms with Crippen molar-refractivity contribution < 1.29 is 18.0 Å². The van der Waals surface area contributed by atoms with Crippen LogP contribution in [0.4, 0.5) is 5.69 Å². The highest BCUT2D eigenvalue weighted by Gasteiger charge is 2.30. The molecular weight excluding hydrogens is 557 g/mol. The van der Waals surface area contributed by atoms with E-state index in [1.54, 1.807) is 42.5 Å². The van der Waals surface area contributed by atoms with Crippen molar-refractivity contribution in [3.63, 3.8) is 0 Å². The number of amides is 2. The molecule has 7 nitrogen and oxygen atoms in total. The van der Waals surface area contributed by atoms with E-state index in [1.807, 2.05) is 20.8 Å². The molecule has 0 unspecified atom stereocenters. The first kappa shape index (κ1) is 31.2. The number of benzene rings is 2. The van der Waals surface area contributed by atoms with Gasteiger partial charge in [0, 0.05) is 40.6 Å². The lowest BCUT2D eigenvalue weighted by atomic mass is 10.1. The van der Waals surface area contributed by atoms with E-state index in [2.05, 4.69) is 5.32 Å². The highest BCUT2D eigenvalue weighted by molar-refractivity contribution is 7.92. The molecule has 204 valence electrons. The molecule has 0 aliphatic carbocycles. The average Bonchev–Trinajstić information content (AvgIpc) is 2.82. The van der Waals surface area contributed by atoms with E-state index in [0.29, 0.717) is 32.7 Å². The largest absolute Gasteiger partial charge is 0.352 e. The third-order valence-corrected chi connectivity index (χ3v) is 8.04. The van der Waals surface area contributed by atoms with Crippen LogP contribution in [-0.2, 0) is 26.2 Å². The van der Waals surface area contributed by atoms with Crippen molar-refractivity contribution in [3.8, 4) is 0 Å². The summed E-state index contributed by atoms with van der Waals surface area (Å²) < 4.78 is 26.1. The molecule has 1 N–H and O–H groups in total. The topological polar surface area (TPSA) is 86.8 Å². The number of nitrogens with one attached hydrogen (secondary N) is 1. The number of halogens is 3. The quantitative estimate of drug-likeness (QED) is 0.314. The number of nitrogens with zero attached hydrogens (tertiary/aromatic N) is 2. The van der Waals surface area contributed by atoms with Crippen LogP contribution in [0, 0.1) is 0 Å². The Hall–Kier alpha value is -2.00. The zero-order valence-electron chi connectivity index (χ0n) is 21.5. The van der Waals surface area contributed by atoms with Crippen LogP contribution in [0.15, 0.2) is 42.5 Å². The van der Waals surface area contributed by atoms with Crippen LogP contribution >= 0.6 is 34.8 Å². The SMILES string of the molecule is CC[C@@H](C)NC(=O)[C@H](CC)N(Cc1ccc(Cl)cc1Cl)C(=O)CCCN(c1ccc(Cl)cc1)S(C)(=O)=O. The van der Waals surface area contributed by atoms with Gasteiger partial charge in [-0.25, -0.2) is 8.42 Å². The van der Waals surface area contributed by atoms with E-state index >= 15 is 0 Å². The fraction of sp³-hybridized carbons (Fsp3) is 0.462. The first-order valence-electron chi connectivity index (χ1n) is 12.1. The molecule has 0 saturated heterocycles. The van der Waals surface area contributed by atoms with Crippen LogP contribution in [0.2, 0.25) is 15.1 Å². The maximum Gasteiger partial charge on any atom is 0.243 e. The second-order valence-corrected chi connectivity index (χ2v) is 12.1. The van der Waals surface area contributed by atoms with Crippen molar-refractivity contribution in [3.05, 3.63) is 63.1 Å². The van der Waals surface area contributed by atoms with E-state index < -0.39 is 16.1 Å². The molecule has 0 saturated carbocycles. The minimum Gasteiger partial charge on any atom is -0.352 e. The van der Waals surface area contributed by atoms with Crippen LogP contribution < -0.4 is 9.62 Å². The number of anilines is 1. The minimum atomic E-state index is -3.59. The van der Waals surface area contributed by atoms with Crippen molar-refractivity contribution in [1.29, 1.82) is 0 Å². The Bertz CT molecular complexity index is 1180. The molecule has 0 spiro atoms. The maximum atomic E-state index is 13.5. The van der Waals surface area contributed by atoms with Gasteiger partial charge in [0.2, 0.25) is 21.8 Å². The summed E-state index contributed by atoms with van der Waals surface area (Å²) in [4.78, 5) is 28.1. The molecule has 0 aromatic heterocycles. The molecule has 2 aromatic carbocycles. The summed E-state index contributed by atoms with van der Waals surface area (Å²) in [5.74, 6) is -0.518. The molecule has 2 atom stereocenters. The molecule has 2 amide bonds. The van der Waals surface area contributed by atoms with Gasteiger partial charge in [0.15, 0.2) is 0 Å². The molecular formula is C26H34Cl3N3O4S. The zero-order valence-corrected chi connectivity index (χ0v) is 24.6. The Morgan fingerprint density at radius 2 is 1.59 bits per heavy atom. The number of hydrogen-bond acceptors (Lipinski definition) is 4. The van der Waals surface area contributed by atoms with Crippen molar-refractivity contribution in [2.45, 2.75) is 65.1 Å². The van der Waals surface area contributed by atoms with Gasteiger partial charge in [0.25, 0.3) is 0 Å². The molecule has 0 aliphatic rings. The van der Waals surface area contributed by atoms with Gasteiger partial charge in [-0.3, -0.25) is 13.9 Å². The molecule has 2 rings (SSSR count). The van der Waals surface area contributed by atoms with Crippen LogP contribution in [0.1, 0.15) is 52.0 Å². The average molecular weight is 591 g/mol. The van der Waals surface area contributed by atoms with E-state index in [1.165, 1.54) is 9.21 Å². The van der Waals surface area contributed by atoms with Gasteiger partial charge in [-0.1, -0.05) is 54.7 Å². The van der Waals surface area contributed by atoms with Gasteiger partial charge < -0.3 is 10.2 Å². The van der Waals surface area contributed by atoms with Gasteiger partial charge in [-0.2, -0.15) is 0 Å². The summed E-state index contributed by atoms with van der Waals surface area (Å²) in [6.07, 6.45) is 2.57.